The number of pyridine rings is 1. The third-order valence-corrected chi connectivity index (χ3v) is 2.86. The third kappa shape index (κ3) is 3.42. The number of rotatable bonds is 1. The zero-order valence-corrected chi connectivity index (χ0v) is 14.1. The Morgan fingerprint density at radius 3 is 2.53 bits per heavy atom. The van der Waals surface area contributed by atoms with Crippen molar-refractivity contribution in [1.29, 1.82) is 0 Å². The van der Waals surface area contributed by atoms with Crippen LogP contribution in [-0.4, -0.2) is 10.1 Å². The number of fused-ring (bicyclic) bond motifs is 1. The van der Waals surface area contributed by atoms with Crippen molar-refractivity contribution in [2.75, 3.05) is 5.73 Å². The fourth-order valence-electron chi connectivity index (χ4n) is 1.89. The molecule has 0 bridgehead atoms. The van der Waals surface area contributed by atoms with E-state index >= 15 is 0 Å². The molecule has 1 aromatic carbocycles. The fourth-order valence-corrected chi connectivity index (χ4v) is 2.05. The van der Waals surface area contributed by atoms with E-state index in [1.54, 1.807) is 19.9 Å². The molecule has 0 spiro atoms. The van der Waals surface area contributed by atoms with Crippen molar-refractivity contribution < 1.29 is 9.50 Å². The Morgan fingerprint density at radius 1 is 1.42 bits per heavy atom. The number of aromatic nitrogens is 1. The number of aliphatic hydroxyl groups is 1. The van der Waals surface area contributed by atoms with E-state index < -0.39 is 11.4 Å². The Bertz CT molecular complexity index is 599. The number of hydrogen-bond acceptors (Lipinski definition) is 4. The van der Waals surface area contributed by atoms with E-state index in [0.717, 1.165) is 0 Å². The summed E-state index contributed by atoms with van der Waals surface area (Å²) < 4.78 is 14.0. The van der Waals surface area contributed by atoms with Crippen LogP contribution in [-0.2, 0) is 5.60 Å². The second-order valence-electron chi connectivity index (χ2n) is 4.40. The van der Waals surface area contributed by atoms with E-state index in [4.69, 9.17) is 17.3 Å². The Morgan fingerprint density at radius 2 is 2.00 bits per heavy atom. The minimum absolute atomic E-state index is 0.0181. The maximum Gasteiger partial charge on any atom is 0.151 e. The van der Waals surface area contributed by atoms with Crippen LogP contribution in [0.25, 0.3) is 10.9 Å². The van der Waals surface area contributed by atoms with Gasteiger partial charge in [-0.1, -0.05) is 11.6 Å². The van der Waals surface area contributed by atoms with E-state index in [2.05, 4.69) is 14.8 Å². The molecule has 0 atom stereocenters. The minimum Gasteiger partial charge on any atom is -0.397 e. The van der Waals surface area contributed by atoms with Crippen LogP contribution >= 0.6 is 42.6 Å². The van der Waals surface area contributed by atoms with E-state index in [-0.39, 0.29) is 16.1 Å². The van der Waals surface area contributed by atoms with Gasteiger partial charge in [-0.25, -0.2) is 4.39 Å². The van der Waals surface area contributed by atoms with Gasteiger partial charge in [-0.2, -0.15) is 0 Å². The van der Waals surface area contributed by atoms with Crippen LogP contribution in [0.15, 0.2) is 18.3 Å². The fraction of sp³-hybridized carbons (Fsp3) is 0.250. The van der Waals surface area contributed by atoms with Crippen LogP contribution in [0.5, 0.6) is 0 Å². The second-order valence-corrected chi connectivity index (χ2v) is 4.81. The van der Waals surface area contributed by atoms with Gasteiger partial charge >= 0.3 is 0 Å². The van der Waals surface area contributed by atoms with E-state index in [1.807, 2.05) is 21.2 Å². The van der Waals surface area contributed by atoms with Crippen LogP contribution in [0.2, 0.25) is 5.02 Å². The van der Waals surface area contributed by atoms with Gasteiger partial charge in [-0.05, 0) is 47.2 Å². The summed E-state index contributed by atoms with van der Waals surface area (Å²) >= 11 is 7.58. The van der Waals surface area contributed by atoms with Crippen LogP contribution < -0.4 is 5.73 Å². The lowest BCUT2D eigenvalue weighted by atomic mass is 9.93. The normalized spacial score (nSPS) is 11.1. The van der Waals surface area contributed by atoms with Gasteiger partial charge < -0.3 is 10.8 Å². The average molecular weight is 415 g/mol. The molecule has 0 aliphatic rings. The molecule has 7 heteroatoms. The molecule has 2 aromatic rings. The summed E-state index contributed by atoms with van der Waals surface area (Å²) in [7, 11) is 3.50. The molecular weight excluding hydrogens is 402 g/mol. The first-order valence-corrected chi connectivity index (χ1v) is 8.85. The van der Waals surface area contributed by atoms with E-state index in [1.165, 1.54) is 12.3 Å². The van der Waals surface area contributed by atoms with Crippen LogP contribution in [0.1, 0.15) is 19.4 Å². The lowest BCUT2D eigenvalue weighted by Crippen LogP contribution is -2.19. The van der Waals surface area contributed by atoms with Crippen LogP contribution in [0.4, 0.5) is 10.1 Å². The topological polar surface area (TPSA) is 59.1 Å². The summed E-state index contributed by atoms with van der Waals surface area (Å²) in [5.74, 6) is -0.610. The number of nitrogens with two attached hydrogens (primary N) is 1. The summed E-state index contributed by atoms with van der Waals surface area (Å²) in [5, 5.41) is 10.2. The SMILES string of the molecule is CC(C)(O)c1c(N)cnc2ccc(Cl)c(F)c12.SI. The second kappa shape index (κ2) is 6.43. The quantitative estimate of drug-likeness (QED) is 0.486. The zero-order valence-electron chi connectivity index (χ0n) is 10.3. The van der Waals surface area contributed by atoms with Gasteiger partial charge in [0.25, 0.3) is 0 Å². The number of thiol groups is 1. The van der Waals surface area contributed by atoms with Gasteiger partial charge in [-0.3, -0.25) is 4.98 Å². The lowest BCUT2D eigenvalue weighted by molar-refractivity contribution is 0.0807. The third-order valence-electron chi connectivity index (χ3n) is 2.57. The Labute approximate surface area is 133 Å². The number of hydrogen-bond donors (Lipinski definition) is 3. The van der Waals surface area contributed by atoms with Crippen molar-refractivity contribution in [3.63, 3.8) is 0 Å². The first kappa shape index (κ1) is 16.7. The zero-order chi connectivity index (χ0) is 14.8. The average Bonchev–Trinajstić information content (AvgIpc) is 2.35. The lowest BCUT2D eigenvalue weighted by Gasteiger charge is -2.22. The van der Waals surface area contributed by atoms with Crippen LogP contribution in [0.3, 0.4) is 0 Å². The highest BCUT2D eigenvalue weighted by Crippen LogP contribution is 2.35. The van der Waals surface area contributed by atoms with Crippen molar-refractivity contribution >= 4 is 59.2 Å². The Balaban J connectivity index is 0.000000861. The summed E-state index contributed by atoms with van der Waals surface area (Å²) in [6.07, 6.45) is 1.41. The molecule has 2 rings (SSSR count). The summed E-state index contributed by atoms with van der Waals surface area (Å²) in [6, 6.07) is 3.02. The molecule has 19 heavy (non-hydrogen) atoms. The van der Waals surface area contributed by atoms with Gasteiger partial charge in [0.05, 0.1) is 28.0 Å². The highest BCUT2D eigenvalue weighted by Gasteiger charge is 2.25. The van der Waals surface area contributed by atoms with Gasteiger partial charge in [-0.15, -0.1) is 9.80 Å². The smallest absolute Gasteiger partial charge is 0.151 e. The highest BCUT2D eigenvalue weighted by atomic mass is 127. The number of nitrogen functional groups attached to an aromatic ring is 1. The van der Waals surface area contributed by atoms with Gasteiger partial charge in [0.1, 0.15) is 0 Å². The molecule has 1 heterocycles. The van der Waals surface area contributed by atoms with Gasteiger partial charge in [0.15, 0.2) is 5.82 Å². The molecule has 0 amide bonds. The first-order valence-electron chi connectivity index (χ1n) is 5.24. The molecule has 0 unspecified atom stereocenters. The van der Waals surface area contributed by atoms with Crippen molar-refractivity contribution in [3.05, 3.63) is 34.7 Å². The maximum atomic E-state index is 14.0. The maximum absolute atomic E-state index is 14.0. The van der Waals surface area contributed by atoms with Crippen molar-refractivity contribution in [1.82, 2.24) is 4.98 Å². The molecule has 104 valence electrons. The molecule has 0 saturated heterocycles. The van der Waals surface area contributed by atoms with Crippen molar-refractivity contribution in [2.45, 2.75) is 19.4 Å². The molecular formula is C12H13ClFIN2OS. The standard InChI is InChI=1S/C12H12ClFN2O.HIS/c1-12(2,17)10-7(15)5-16-8-4-3-6(13)11(14)9(8)10;1-2/h3-5,17H,15H2,1-2H3;2H. The van der Waals surface area contributed by atoms with Crippen molar-refractivity contribution in [3.8, 4) is 0 Å². The van der Waals surface area contributed by atoms with E-state index in [9.17, 15) is 9.50 Å². The summed E-state index contributed by atoms with van der Waals surface area (Å²) in [5.41, 5.74) is 5.46. The monoisotopic (exact) mass is 414 g/mol. The predicted octanol–water partition coefficient (Wildman–Crippen LogP) is 4.10. The molecule has 0 radical (unpaired) electrons. The minimum atomic E-state index is -1.27. The molecule has 3 nitrogen and oxygen atoms in total. The largest absolute Gasteiger partial charge is 0.397 e. The Kier molecular flexibility index (Phi) is 5.66. The molecule has 0 aliphatic carbocycles. The van der Waals surface area contributed by atoms with Crippen molar-refractivity contribution in [2.24, 2.45) is 0 Å². The number of anilines is 1. The van der Waals surface area contributed by atoms with Gasteiger partial charge in [0, 0.05) is 10.9 Å². The van der Waals surface area contributed by atoms with E-state index in [0.29, 0.717) is 11.1 Å². The summed E-state index contributed by atoms with van der Waals surface area (Å²) in [6.45, 7) is 3.08. The predicted molar refractivity (Wildman–Crippen MR) is 89.4 cm³/mol. The van der Waals surface area contributed by atoms with Gasteiger partial charge in [0.2, 0.25) is 0 Å². The molecule has 0 fully saturated rings. The molecule has 3 N–H and O–H groups in total. The molecule has 0 aliphatic heterocycles. The first-order chi connectivity index (χ1) is 8.82. The molecule has 1 aromatic heterocycles. The number of halogens is 3. The highest BCUT2D eigenvalue weighted by molar-refractivity contribution is 14.2. The molecule has 0 saturated carbocycles. The number of nitrogens with zero attached hydrogens (tertiary/aromatic N) is 1. The van der Waals surface area contributed by atoms with Crippen LogP contribution in [0, 0.1) is 5.82 Å². The Hall–Kier alpha value is -0.310. The number of benzene rings is 1. The summed E-state index contributed by atoms with van der Waals surface area (Å²) in [4.78, 5) is 4.02.